The van der Waals surface area contributed by atoms with Gasteiger partial charge in [0.2, 0.25) is 0 Å². The van der Waals surface area contributed by atoms with Crippen molar-refractivity contribution in [2.24, 2.45) is 0 Å². The van der Waals surface area contributed by atoms with Gasteiger partial charge >= 0.3 is 5.97 Å². The number of ether oxygens (including phenoxy) is 2. The molecule has 5 heteroatoms. The van der Waals surface area contributed by atoms with E-state index in [9.17, 15) is 9.90 Å². The van der Waals surface area contributed by atoms with Gasteiger partial charge in [0.15, 0.2) is 5.75 Å². The lowest BCUT2D eigenvalue weighted by Gasteiger charge is -2.19. The van der Waals surface area contributed by atoms with Gasteiger partial charge in [-0.3, -0.25) is 4.98 Å². The van der Waals surface area contributed by atoms with Gasteiger partial charge in [0.1, 0.15) is 23.2 Å². The second-order valence-electron chi connectivity index (χ2n) is 8.19. The van der Waals surface area contributed by atoms with Crippen LogP contribution < -0.4 is 4.74 Å². The number of benzene rings is 2. The molecular formula is C28H33NO4. The second kappa shape index (κ2) is 11.5. The molecule has 0 radical (unpaired) electrons. The molecule has 0 bridgehead atoms. The van der Waals surface area contributed by atoms with Crippen molar-refractivity contribution < 1.29 is 19.4 Å². The largest absolute Gasteiger partial charge is 0.505 e. The Kier molecular flexibility index (Phi) is 8.47. The molecule has 2 aromatic carbocycles. The van der Waals surface area contributed by atoms with Gasteiger partial charge in [-0.25, -0.2) is 4.79 Å². The van der Waals surface area contributed by atoms with Crippen LogP contribution in [0.15, 0.2) is 54.6 Å². The number of pyridine rings is 1. The highest BCUT2D eigenvalue weighted by Gasteiger charge is 2.25. The Morgan fingerprint density at radius 1 is 0.970 bits per heavy atom. The molecule has 1 aromatic heterocycles. The zero-order chi connectivity index (χ0) is 23.8. The Balaban J connectivity index is 1.93. The maximum absolute atomic E-state index is 13.0. The molecule has 0 aliphatic carbocycles. The van der Waals surface area contributed by atoms with Gasteiger partial charge in [-0.1, -0.05) is 57.5 Å². The van der Waals surface area contributed by atoms with Gasteiger partial charge in [-0.15, -0.1) is 0 Å². The van der Waals surface area contributed by atoms with Gasteiger partial charge in [0.25, 0.3) is 0 Å². The van der Waals surface area contributed by atoms with Crippen molar-refractivity contribution in [1.29, 1.82) is 0 Å². The number of carbonyl (C=O) groups is 1. The van der Waals surface area contributed by atoms with Gasteiger partial charge < -0.3 is 14.6 Å². The fourth-order valence-corrected chi connectivity index (χ4v) is 3.80. The van der Waals surface area contributed by atoms with E-state index in [2.05, 4.69) is 0 Å². The van der Waals surface area contributed by atoms with Crippen LogP contribution in [0.25, 0.3) is 0 Å². The van der Waals surface area contributed by atoms with Crippen LogP contribution in [-0.2, 0) is 17.6 Å². The summed E-state index contributed by atoms with van der Waals surface area (Å²) in [6, 6.07) is 17.5. The van der Waals surface area contributed by atoms with Crippen LogP contribution >= 0.6 is 0 Å². The Labute approximate surface area is 196 Å². The minimum atomic E-state index is -0.485. The zero-order valence-electron chi connectivity index (χ0n) is 19.9. The molecule has 0 aliphatic rings. The SMILES string of the molecule is CCCc1nc(Cc2cccc(Oc3ccccc3)c2)c(C)c(C(=O)OC(CC)CC)c1O. The third kappa shape index (κ3) is 6.13. The fraction of sp³-hybridized carbons (Fsp3) is 0.357. The molecule has 0 aliphatic heterocycles. The number of aryl methyl sites for hydroxylation is 1. The van der Waals surface area contributed by atoms with Crippen LogP contribution in [0.3, 0.4) is 0 Å². The average molecular weight is 448 g/mol. The summed E-state index contributed by atoms with van der Waals surface area (Å²) >= 11 is 0. The maximum atomic E-state index is 13.0. The molecule has 0 atom stereocenters. The Morgan fingerprint density at radius 3 is 2.33 bits per heavy atom. The first-order valence-electron chi connectivity index (χ1n) is 11.7. The van der Waals surface area contributed by atoms with Crippen LogP contribution in [0.1, 0.15) is 72.9 Å². The van der Waals surface area contributed by atoms with E-state index in [1.54, 1.807) is 0 Å². The van der Waals surface area contributed by atoms with Crippen LogP contribution in [-0.4, -0.2) is 22.2 Å². The highest BCUT2D eigenvalue weighted by molar-refractivity contribution is 5.94. The first-order chi connectivity index (χ1) is 16.0. The van der Waals surface area contributed by atoms with Gasteiger partial charge in [-0.05, 0) is 61.6 Å². The molecule has 3 aromatic rings. The van der Waals surface area contributed by atoms with E-state index in [1.807, 2.05) is 82.3 Å². The van der Waals surface area contributed by atoms with E-state index in [4.69, 9.17) is 14.5 Å². The molecule has 174 valence electrons. The number of para-hydroxylation sites is 1. The molecule has 0 spiro atoms. The van der Waals surface area contributed by atoms with Crippen molar-refractivity contribution in [1.82, 2.24) is 4.98 Å². The number of esters is 1. The fourth-order valence-electron chi connectivity index (χ4n) is 3.80. The molecule has 3 rings (SSSR count). The molecule has 1 N–H and O–H groups in total. The smallest absolute Gasteiger partial charge is 0.342 e. The van der Waals surface area contributed by atoms with Crippen LogP contribution in [0.2, 0.25) is 0 Å². The average Bonchev–Trinajstić information content (AvgIpc) is 2.81. The van der Waals surface area contributed by atoms with E-state index < -0.39 is 5.97 Å². The molecule has 33 heavy (non-hydrogen) atoms. The standard InChI is InChI=1S/C28H33NO4/c1-5-12-24-27(30)26(28(31)33-21(6-2)7-3)19(4)25(29-24)18-20-13-11-16-23(17-20)32-22-14-9-8-10-15-22/h8-11,13-17,21,30H,5-7,12,18H2,1-4H3. The van der Waals surface area contributed by atoms with E-state index in [0.29, 0.717) is 24.1 Å². The summed E-state index contributed by atoms with van der Waals surface area (Å²) < 4.78 is 11.6. The van der Waals surface area contributed by atoms with Crippen molar-refractivity contribution in [3.05, 3.63) is 82.7 Å². The highest BCUT2D eigenvalue weighted by Crippen LogP contribution is 2.31. The van der Waals surface area contributed by atoms with E-state index in [1.165, 1.54) is 0 Å². The number of carbonyl (C=O) groups excluding carboxylic acids is 1. The van der Waals surface area contributed by atoms with Gasteiger partial charge in [0, 0.05) is 12.1 Å². The minimum absolute atomic E-state index is 0.0600. The van der Waals surface area contributed by atoms with Crippen molar-refractivity contribution >= 4 is 5.97 Å². The molecule has 0 fully saturated rings. The number of rotatable bonds is 10. The van der Waals surface area contributed by atoms with Crippen LogP contribution in [0.4, 0.5) is 0 Å². The quantitative estimate of drug-likeness (QED) is 0.347. The number of nitrogens with zero attached hydrogens (tertiary/aromatic N) is 1. The summed E-state index contributed by atoms with van der Waals surface area (Å²) in [4.78, 5) is 17.7. The maximum Gasteiger partial charge on any atom is 0.342 e. The van der Waals surface area contributed by atoms with E-state index in [0.717, 1.165) is 42.0 Å². The van der Waals surface area contributed by atoms with Gasteiger partial charge in [-0.2, -0.15) is 0 Å². The number of aromatic nitrogens is 1. The molecule has 5 nitrogen and oxygen atoms in total. The summed E-state index contributed by atoms with van der Waals surface area (Å²) in [7, 11) is 0. The summed E-state index contributed by atoms with van der Waals surface area (Å²) in [5.41, 5.74) is 3.17. The molecule has 0 saturated heterocycles. The third-order valence-corrected chi connectivity index (χ3v) is 5.71. The van der Waals surface area contributed by atoms with E-state index >= 15 is 0 Å². The molecule has 0 amide bonds. The van der Waals surface area contributed by atoms with Crippen LogP contribution in [0, 0.1) is 6.92 Å². The number of hydrogen-bond acceptors (Lipinski definition) is 5. The first kappa shape index (κ1) is 24.3. The lowest BCUT2D eigenvalue weighted by atomic mass is 9.98. The molecule has 1 heterocycles. The number of aromatic hydroxyl groups is 1. The van der Waals surface area contributed by atoms with Crippen LogP contribution in [0.5, 0.6) is 17.2 Å². The number of hydrogen-bond donors (Lipinski definition) is 1. The molecule has 0 unspecified atom stereocenters. The third-order valence-electron chi connectivity index (χ3n) is 5.71. The van der Waals surface area contributed by atoms with Gasteiger partial charge in [0.05, 0.1) is 5.69 Å². The Hall–Kier alpha value is -3.34. The summed E-state index contributed by atoms with van der Waals surface area (Å²) in [6.07, 6.45) is 3.20. The minimum Gasteiger partial charge on any atom is -0.505 e. The molecular weight excluding hydrogens is 414 g/mol. The van der Waals surface area contributed by atoms with Crippen molar-refractivity contribution in [2.75, 3.05) is 0 Å². The predicted molar refractivity (Wildman–Crippen MR) is 130 cm³/mol. The first-order valence-corrected chi connectivity index (χ1v) is 11.7. The van der Waals surface area contributed by atoms with Crippen molar-refractivity contribution in [2.45, 2.75) is 65.9 Å². The molecule has 0 saturated carbocycles. The summed E-state index contributed by atoms with van der Waals surface area (Å²) in [6.45, 7) is 7.82. The summed E-state index contributed by atoms with van der Waals surface area (Å²) in [5, 5.41) is 10.8. The monoisotopic (exact) mass is 447 g/mol. The Morgan fingerprint density at radius 2 is 1.67 bits per heavy atom. The highest BCUT2D eigenvalue weighted by atomic mass is 16.5. The second-order valence-corrected chi connectivity index (χ2v) is 8.19. The topological polar surface area (TPSA) is 68.7 Å². The normalized spacial score (nSPS) is 10.9. The lowest BCUT2D eigenvalue weighted by Crippen LogP contribution is -2.19. The zero-order valence-corrected chi connectivity index (χ0v) is 19.9. The lowest BCUT2D eigenvalue weighted by molar-refractivity contribution is 0.0279. The summed E-state index contributed by atoms with van der Waals surface area (Å²) in [5.74, 6) is 0.957. The predicted octanol–water partition coefficient (Wildman–Crippen LogP) is 6.78. The Bertz CT molecular complexity index is 1070. The van der Waals surface area contributed by atoms with Crippen molar-refractivity contribution in [3.63, 3.8) is 0 Å². The van der Waals surface area contributed by atoms with Crippen molar-refractivity contribution in [3.8, 4) is 17.2 Å². The van der Waals surface area contributed by atoms with E-state index in [-0.39, 0.29) is 17.4 Å².